The molecule has 3 saturated carbocycles. The first-order valence-corrected chi connectivity index (χ1v) is 11.7. The number of hydrogen-bond acceptors (Lipinski definition) is 3. The van der Waals surface area contributed by atoms with E-state index in [0.717, 1.165) is 43.6 Å². The Labute approximate surface area is 164 Å². The van der Waals surface area contributed by atoms with Crippen LogP contribution < -0.4 is 0 Å². The second kappa shape index (κ2) is 6.85. The molecular formula is C24H38O3. The van der Waals surface area contributed by atoms with Crippen molar-refractivity contribution in [2.75, 3.05) is 6.61 Å². The Morgan fingerprint density at radius 3 is 2.74 bits per heavy atom. The monoisotopic (exact) mass is 374 g/mol. The zero-order valence-electron chi connectivity index (χ0n) is 17.3. The van der Waals surface area contributed by atoms with Gasteiger partial charge in [-0.1, -0.05) is 25.5 Å². The fourth-order valence-electron chi connectivity index (χ4n) is 7.75. The van der Waals surface area contributed by atoms with E-state index in [1.807, 2.05) is 0 Å². The molecule has 3 nitrogen and oxygen atoms in total. The van der Waals surface area contributed by atoms with E-state index in [2.05, 4.69) is 19.9 Å². The lowest BCUT2D eigenvalue weighted by molar-refractivity contribution is -0.195. The molecule has 0 spiro atoms. The van der Waals surface area contributed by atoms with Crippen LogP contribution in [0.15, 0.2) is 11.6 Å². The van der Waals surface area contributed by atoms with Gasteiger partial charge >= 0.3 is 0 Å². The van der Waals surface area contributed by atoms with Crippen molar-refractivity contribution in [1.29, 1.82) is 0 Å². The first-order chi connectivity index (χ1) is 13.0. The largest absolute Gasteiger partial charge is 0.393 e. The zero-order chi connectivity index (χ0) is 18.6. The number of allylic oxidation sites excluding steroid dienone is 1. The van der Waals surface area contributed by atoms with Crippen LogP contribution >= 0.6 is 0 Å². The van der Waals surface area contributed by atoms with E-state index in [1.165, 1.54) is 51.4 Å². The molecule has 5 rings (SSSR count). The van der Waals surface area contributed by atoms with E-state index >= 15 is 0 Å². The van der Waals surface area contributed by atoms with Gasteiger partial charge in [-0.2, -0.15) is 0 Å². The van der Waals surface area contributed by atoms with Gasteiger partial charge in [0.05, 0.1) is 12.2 Å². The third-order valence-electron chi connectivity index (χ3n) is 9.49. The van der Waals surface area contributed by atoms with Crippen LogP contribution in [-0.2, 0) is 9.47 Å². The van der Waals surface area contributed by atoms with E-state index in [4.69, 9.17) is 9.47 Å². The average molecular weight is 375 g/mol. The van der Waals surface area contributed by atoms with E-state index in [1.54, 1.807) is 5.57 Å². The molecule has 0 amide bonds. The van der Waals surface area contributed by atoms with E-state index in [9.17, 15) is 5.11 Å². The van der Waals surface area contributed by atoms with Crippen molar-refractivity contribution >= 4 is 0 Å². The standard InChI is InChI=1S/C24H38O3/c1-23-12-10-17(27-22-5-3-4-14-26-22)15-16(23)6-7-18-19-8-9-21(25)24(19,2)13-11-20(18)23/h6,17-22,25H,3-5,7-15H2,1-2H3/t17-,18+,19+,20+,21-,22-,23+,24+/m1/s1. The fraction of sp³-hybridized carbons (Fsp3) is 0.917. The molecule has 4 fully saturated rings. The molecule has 0 aromatic rings. The SMILES string of the molecule is C[C@]12CC[C@H]3[C@@H](CC=C4C[C@H](O[C@@H]5CCCCO5)CC[C@@]43C)[C@@H]1CC[C@H]2O. The summed E-state index contributed by atoms with van der Waals surface area (Å²) in [5, 5.41) is 10.6. The van der Waals surface area contributed by atoms with Gasteiger partial charge in [0.15, 0.2) is 6.29 Å². The van der Waals surface area contributed by atoms with Gasteiger partial charge in [0, 0.05) is 6.61 Å². The van der Waals surface area contributed by atoms with Crippen LogP contribution in [0.2, 0.25) is 0 Å². The molecule has 3 heteroatoms. The van der Waals surface area contributed by atoms with Crippen molar-refractivity contribution in [1.82, 2.24) is 0 Å². The lowest BCUT2D eigenvalue weighted by atomic mass is 9.48. The maximum absolute atomic E-state index is 10.6. The van der Waals surface area contributed by atoms with Crippen molar-refractivity contribution < 1.29 is 14.6 Å². The van der Waals surface area contributed by atoms with Gasteiger partial charge in [0.1, 0.15) is 0 Å². The topological polar surface area (TPSA) is 38.7 Å². The first kappa shape index (κ1) is 18.6. The molecule has 1 saturated heterocycles. The minimum atomic E-state index is -0.0683. The number of fused-ring (bicyclic) bond motifs is 5. The summed E-state index contributed by atoms with van der Waals surface area (Å²) >= 11 is 0. The zero-order valence-corrected chi connectivity index (χ0v) is 17.3. The van der Waals surface area contributed by atoms with Crippen molar-refractivity contribution in [3.8, 4) is 0 Å². The number of hydrogen-bond donors (Lipinski definition) is 1. The highest BCUT2D eigenvalue weighted by Gasteiger charge is 2.58. The van der Waals surface area contributed by atoms with Crippen LogP contribution in [0.1, 0.15) is 84.5 Å². The first-order valence-electron chi connectivity index (χ1n) is 11.7. The normalized spacial score (nSPS) is 52.5. The Balaban J connectivity index is 1.32. The Hall–Kier alpha value is -0.380. The summed E-state index contributed by atoms with van der Waals surface area (Å²) in [5.74, 6) is 2.33. The highest BCUT2D eigenvalue weighted by Crippen LogP contribution is 2.64. The smallest absolute Gasteiger partial charge is 0.157 e. The predicted octanol–water partition coefficient (Wildman–Crippen LogP) is 5.22. The molecule has 0 bridgehead atoms. The van der Waals surface area contributed by atoms with Crippen molar-refractivity contribution in [3.05, 3.63) is 11.6 Å². The lowest BCUT2D eigenvalue weighted by Gasteiger charge is -2.57. The summed E-state index contributed by atoms with van der Waals surface area (Å²) in [5.41, 5.74) is 2.23. The van der Waals surface area contributed by atoms with Crippen molar-refractivity contribution in [2.24, 2.45) is 28.6 Å². The van der Waals surface area contributed by atoms with Crippen LogP contribution in [0, 0.1) is 28.6 Å². The molecule has 1 aliphatic heterocycles. The molecule has 0 aromatic heterocycles. The maximum atomic E-state index is 10.6. The Morgan fingerprint density at radius 2 is 1.93 bits per heavy atom. The Kier molecular flexibility index (Phi) is 4.73. The number of aliphatic hydroxyl groups excluding tert-OH is 1. The summed E-state index contributed by atoms with van der Waals surface area (Å²) in [6.07, 6.45) is 16.0. The number of rotatable bonds is 2. The van der Waals surface area contributed by atoms with E-state index < -0.39 is 0 Å². The second-order valence-electron chi connectivity index (χ2n) is 10.7. The molecule has 4 aliphatic carbocycles. The molecule has 8 atom stereocenters. The molecule has 1 N–H and O–H groups in total. The van der Waals surface area contributed by atoms with Crippen molar-refractivity contribution in [3.63, 3.8) is 0 Å². The maximum Gasteiger partial charge on any atom is 0.157 e. The fourth-order valence-corrected chi connectivity index (χ4v) is 7.75. The highest BCUT2D eigenvalue weighted by molar-refractivity contribution is 5.25. The second-order valence-corrected chi connectivity index (χ2v) is 10.7. The van der Waals surface area contributed by atoms with Gasteiger partial charge in [-0.25, -0.2) is 0 Å². The third kappa shape index (κ3) is 2.95. The van der Waals surface area contributed by atoms with E-state index in [0.29, 0.717) is 11.5 Å². The van der Waals surface area contributed by atoms with Gasteiger partial charge in [-0.15, -0.1) is 0 Å². The summed E-state index contributed by atoms with van der Waals surface area (Å²) in [4.78, 5) is 0. The van der Waals surface area contributed by atoms with Gasteiger partial charge in [-0.3, -0.25) is 0 Å². The molecular weight excluding hydrogens is 336 g/mol. The number of ether oxygens (including phenoxy) is 2. The quantitative estimate of drug-likeness (QED) is 0.673. The summed E-state index contributed by atoms with van der Waals surface area (Å²) in [6, 6.07) is 0. The molecule has 5 aliphatic rings. The summed E-state index contributed by atoms with van der Waals surface area (Å²) in [6.45, 7) is 5.80. The van der Waals surface area contributed by atoms with Crippen LogP contribution in [0.5, 0.6) is 0 Å². The molecule has 0 radical (unpaired) electrons. The van der Waals surface area contributed by atoms with Gasteiger partial charge in [0.25, 0.3) is 0 Å². The summed E-state index contributed by atoms with van der Waals surface area (Å²) < 4.78 is 12.2. The Morgan fingerprint density at radius 1 is 1.04 bits per heavy atom. The molecule has 27 heavy (non-hydrogen) atoms. The van der Waals surface area contributed by atoms with E-state index in [-0.39, 0.29) is 17.8 Å². The molecule has 0 aromatic carbocycles. The average Bonchev–Trinajstić information content (AvgIpc) is 2.98. The van der Waals surface area contributed by atoms with Gasteiger partial charge < -0.3 is 14.6 Å². The van der Waals surface area contributed by atoms with Gasteiger partial charge in [0.2, 0.25) is 0 Å². The van der Waals surface area contributed by atoms with Crippen molar-refractivity contribution in [2.45, 2.75) is 103 Å². The van der Waals surface area contributed by atoms with Gasteiger partial charge in [-0.05, 0) is 99.2 Å². The highest BCUT2D eigenvalue weighted by atomic mass is 16.7. The minimum Gasteiger partial charge on any atom is -0.393 e. The third-order valence-corrected chi connectivity index (χ3v) is 9.49. The predicted molar refractivity (Wildman–Crippen MR) is 106 cm³/mol. The minimum absolute atomic E-state index is 0.0420. The van der Waals surface area contributed by atoms with Crippen LogP contribution in [0.4, 0.5) is 0 Å². The number of aliphatic hydroxyl groups is 1. The Bertz CT molecular complexity index is 594. The molecule has 1 heterocycles. The van der Waals surface area contributed by atoms with Crippen LogP contribution in [0.25, 0.3) is 0 Å². The molecule has 0 unspecified atom stereocenters. The van der Waals surface area contributed by atoms with Crippen LogP contribution in [0.3, 0.4) is 0 Å². The molecule has 152 valence electrons. The summed E-state index contributed by atoms with van der Waals surface area (Å²) in [7, 11) is 0. The lowest BCUT2D eigenvalue weighted by Crippen LogP contribution is -2.51. The van der Waals surface area contributed by atoms with Crippen LogP contribution in [-0.4, -0.2) is 30.2 Å².